The zero-order valence-corrected chi connectivity index (χ0v) is 15.4. The van der Waals surface area contributed by atoms with E-state index in [1.807, 2.05) is 36.4 Å². The summed E-state index contributed by atoms with van der Waals surface area (Å²) in [5.74, 6) is 0.0938. The Bertz CT molecular complexity index is 681. The van der Waals surface area contributed by atoms with Gasteiger partial charge in [-0.25, -0.2) is 0 Å². The van der Waals surface area contributed by atoms with Crippen molar-refractivity contribution in [2.75, 3.05) is 36.0 Å². The number of anilines is 2. The molecule has 0 spiro atoms. The van der Waals surface area contributed by atoms with Gasteiger partial charge in [-0.1, -0.05) is 0 Å². The van der Waals surface area contributed by atoms with Gasteiger partial charge in [0, 0.05) is 48.7 Å². The van der Waals surface area contributed by atoms with E-state index in [0.29, 0.717) is 0 Å². The molecule has 0 aliphatic carbocycles. The molecule has 0 atom stereocenters. The lowest BCUT2D eigenvalue weighted by Crippen LogP contribution is -2.29. The molecule has 0 unspecified atom stereocenters. The maximum atomic E-state index is 12.7. The van der Waals surface area contributed by atoms with Crippen LogP contribution in [-0.2, 0) is 0 Å². The quantitative estimate of drug-likeness (QED) is 0.711. The smallest absolute Gasteiger partial charge is 0.193 e. The Morgan fingerprint density at radius 2 is 1.36 bits per heavy atom. The number of rotatable bonds is 6. The highest BCUT2D eigenvalue weighted by Crippen LogP contribution is 2.22. The van der Waals surface area contributed by atoms with Crippen LogP contribution < -0.4 is 9.80 Å². The van der Waals surface area contributed by atoms with Crippen molar-refractivity contribution in [2.45, 2.75) is 33.1 Å². The summed E-state index contributed by atoms with van der Waals surface area (Å²) >= 11 is 0. The maximum Gasteiger partial charge on any atom is 0.193 e. The topological polar surface area (TPSA) is 23.6 Å². The van der Waals surface area contributed by atoms with E-state index in [0.717, 1.165) is 37.3 Å². The van der Waals surface area contributed by atoms with Crippen LogP contribution in [0, 0.1) is 0 Å². The van der Waals surface area contributed by atoms with Crippen molar-refractivity contribution in [1.82, 2.24) is 0 Å². The summed E-state index contributed by atoms with van der Waals surface area (Å²) in [7, 11) is 0. The Hall–Kier alpha value is -2.29. The Labute approximate surface area is 151 Å². The lowest BCUT2D eigenvalue weighted by molar-refractivity contribution is 0.103. The second kappa shape index (κ2) is 8.19. The van der Waals surface area contributed by atoms with Crippen molar-refractivity contribution in [2.24, 2.45) is 0 Å². The zero-order valence-electron chi connectivity index (χ0n) is 15.4. The Morgan fingerprint density at radius 1 is 0.840 bits per heavy atom. The van der Waals surface area contributed by atoms with Crippen molar-refractivity contribution in [1.29, 1.82) is 0 Å². The molecule has 3 heteroatoms. The summed E-state index contributed by atoms with van der Waals surface area (Å²) in [5.41, 5.74) is 3.91. The van der Waals surface area contributed by atoms with Crippen molar-refractivity contribution in [3.8, 4) is 0 Å². The van der Waals surface area contributed by atoms with Crippen LogP contribution in [0.15, 0.2) is 48.5 Å². The summed E-state index contributed by atoms with van der Waals surface area (Å²) in [6.07, 6.45) is 3.86. The fourth-order valence-corrected chi connectivity index (χ4v) is 3.55. The fraction of sp³-hybridized carbons (Fsp3) is 0.409. The lowest BCUT2D eigenvalue weighted by Gasteiger charge is -2.28. The predicted molar refractivity (Wildman–Crippen MR) is 106 cm³/mol. The number of carbonyl (C=O) groups is 1. The molecule has 0 N–H and O–H groups in total. The van der Waals surface area contributed by atoms with Gasteiger partial charge in [0.05, 0.1) is 0 Å². The number of piperidine rings is 1. The number of ketones is 1. The molecule has 0 radical (unpaired) electrons. The van der Waals surface area contributed by atoms with Crippen LogP contribution >= 0.6 is 0 Å². The first kappa shape index (κ1) is 17.5. The molecule has 1 aliphatic rings. The highest BCUT2D eigenvalue weighted by atomic mass is 16.1. The SMILES string of the molecule is CCN(CC)c1ccc(C(=O)c2ccc(N3CCCCC3)cc2)cc1. The third-order valence-electron chi connectivity index (χ3n) is 5.11. The molecule has 2 aromatic rings. The molecule has 1 saturated heterocycles. The molecule has 0 amide bonds. The standard InChI is InChI=1S/C22H28N2O/c1-3-23(4-2)20-12-8-18(9-13-20)22(25)19-10-14-21(15-11-19)24-16-6-5-7-17-24/h8-15H,3-7,16-17H2,1-2H3. The molecule has 1 fully saturated rings. The van der Waals surface area contributed by atoms with Crippen LogP contribution in [-0.4, -0.2) is 32.0 Å². The monoisotopic (exact) mass is 336 g/mol. The fourth-order valence-electron chi connectivity index (χ4n) is 3.55. The minimum atomic E-state index is 0.0938. The van der Waals surface area contributed by atoms with Gasteiger partial charge in [0.1, 0.15) is 0 Å². The average molecular weight is 336 g/mol. The van der Waals surface area contributed by atoms with E-state index in [1.54, 1.807) is 0 Å². The third-order valence-corrected chi connectivity index (χ3v) is 5.11. The summed E-state index contributed by atoms with van der Waals surface area (Å²) in [6, 6.07) is 16.1. The number of carbonyl (C=O) groups excluding carboxylic acids is 1. The van der Waals surface area contributed by atoms with Gasteiger partial charge < -0.3 is 9.80 Å². The van der Waals surface area contributed by atoms with Crippen molar-refractivity contribution < 1.29 is 4.79 Å². The molecule has 3 rings (SSSR count). The highest BCUT2D eigenvalue weighted by molar-refractivity contribution is 6.09. The van der Waals surface area contributed by atoms with Gasteiger partial charge in [-0.05, 0) is 81.6 Å². The normalized spacial score (nSPS) is 14.4. The van der Waals surface area contributed by atoms with E-state index in [1.165, 1.54) is 30.6 Å². The van der Waals surface area contributed by atoms with Crippen LogP contribution in [0.5, 0.6) is 0 Å². The summed E-state index contributed by atoms with van der Waals surface area (Å²) < 4.78 is 0. The molecule has 0 aromatic heterocycles. The molecule has 0 bridgehead atoms. The first-order valence-electron chi connectivity index (χ1n) is 9.47. The van der Waals surface area contributed by atoms with Crippen LogP contribution in [0.25, 0.3) is 0 Å². The van der Waals surface area contributed by atoms with Gasteiger partial charge >= 0.3 is 0 Å². The third kappa shape index (κ3) is 4.04. The second-order valence-corrected chi connectivity index (χ2v) is 6.64. The molecule has 25 heavy (non-hydrogen) atoms. The van der Waals surface area contributed by atoms with Crippen molar-refractivity contribution >= 4 is 17.2 Å². The Balaban J connectivity index is 1.72. The Morgan fingerprint density at radius 3 is 1.88 bits per heavy atom. The first-order valence-corrected chi connectivity index (χ1v) is 9.47. The number of benzene rings is 2. The molecule has 0 saturated carbocycles. The van der Waals surface area contributed by atoms with Gasteiger partial charge in [0.25, 0.3) is 0 Å². The predicted octanol–water partition coefficient (Wildman–Crippen LogP) is 4.75. The summed E-state index contributed by atoms with van der Waals surface area (Å²) in [5, 5.41) is 0. The minimum absolute atomic E-state index is 0.0938. The van der Waals surface area contributed by atoms with Crippen LogP contribution in [0.4, 0.5) is 11.4 Å². The molecular formula is C22H28N2O. The number of nitrogens with zero attached hydrogens (tertiary/aromatic N) is 2. The van der Waals surface area contributed by atoms with Gasteiger partial charge in [-0.2, -0.15) is 0 Å². The first-order chi connectivity index (χ1) is 12.2. The van der Waals surface area contributed by atoms with E-state index in [-0.39, 0.29) is 5.78 Å². The number of hydrogen-bond acceptors (Lipinski definition) is 3. The van der Waals surface area contributed by atoms with Crippen LogP contribution in [0.1, 0.15) is 49.0 Å². The van der Waals surface area contributed by atoms with Gasteiger partial charge in [0.2, 0.25) is 0 Å². The van der Waals surface area contributed by atoms with Crippen LogP contribution in [0.2, 0.25) is 0 Å². The molecule has 2 aromatic carbocycles. The molecular weight excluding hydrogens is 308 g/mol. The molecule has 3 nitrogen and oxygen atoms in total. The van der Waals surface area contributed by atoms with Crippen molar-refractivity contribution in [3.63, 3.8) is 0 Å². The zero-order chi connectivity index (χ0) is 17.6. The maximum absolute atomic E-state index is 12.7. The largest absolute Gasteiger partial charge is 0.372 e. The minimum Gasteiger partial charge on any atom is -0.372 e. The van der Waals surface area contributed by atoms with Gasteiger partial charge in [-0.3, -0.25) is 4.79 Å². The van der Waals surface area contributed by atoms with E-state index < -0.39 is 0 Å². The Kier molecular flexibility index (Phi) is 5.75. The molecule has 1 heterocycles. The van der Waals surface area contributed by atoms with Gasteiger partial charge in [0.15, 0.2) is 5.78 Å². The summed E-state index contributed by atoms with van der Waals surface area (Å²) in [6.45, 7) is 8.49. The summed E-state index contributed by atoms with van der Waals surface area (Å²) in [4.78, 5) is 17.4. The van der Waals surface area contributed by atoms with Gasteiger partial charge in [-0.15, -0.1) is 0 Å². The lowest BCUT2D eigenvalue weighted by atomic mass is 10.0. The van der Waals surface area contributed by atoms with Crippen molar-refractivity contribution in [3.05, 3.63) is 59.7 Å². The second-order valence-electron chi connectivity index (χ2n) is 6.64. The number of hydrogen-bond donors (Lipinski definition) is 0. The average Bonchev–Trinajstić information content (AvgIpc) is 2.70. The van der Waals surface area contributed by atoms with E-state index in [4.69, 9.17) is 0 Å². The van der Waals surface area contributed by atoms with Crippen LogP contribution in [0.3, 0.4) is 0 Å². The molecule has 132 valence electrons. The van der Waals surface area contributed by atoms with E-state index in [2.05, 4.69) is 35.8 Å². The van der Waals surface area contributed by atoms with E-state index >= 15 is 0 Å². The highest BCUT2D eigenvalue weighted by Gasteiger charge is 2.13. The molecule has 1 aliphatic heterocycles. The van der Waals surface area contributed by atoms with E-state index in [9.17, 15) is 4.79 Å².